The molecule has 1 N–H and O–H groups in total. The Bertz CT molecular complexity index is 2260. The lowest BCUT2D eigenvalue weighted by Gasteiger charge is -2.50. The Kier molecular flexibility index (Phi) is 4.39. The van der Waals surface area contributed by atoms with Crippen molar-refractivity contribution in [2.75, 3.05) is 0 Å². The SMILES string of the molecule is CC(=O)C1=C(O)c2ccccc2C12C1=C(C3=C(c4ccccc4C3=O)C23C(=O)c2ccccc2C3=O)c2ccccc2C1=O. The summed E-state index contributed by atoms with van der Waals surface area (Å²) in [5.41, 5.74) is -1.63. The maximum atomic E-state index is 15.3. The van der Waals surface area contributed by atoms with Crippen molar-refractivity contribution in [3.63, 3.8) is 0 Å². The van der Waals surface area contributed by atoms with Crippen LogP contribution in [0.2, 0.25) is 0 Å². The highest BCUT2D eigenvalue weighted by atomic mass is 16.3. The maximum Gasteiger partial charge on any atom is 0.194 e. The van der Waals surface area contributed by atoms with Crippen LogP contribution in [0.3, 0.4) is 0 Å². The van der Waals surface area contributed by atoms with Gasteiger partial charge >= 0.3 is 0 Å². The monoisotopic (exact) mass is 572 g/mol. The smallest absolute Gasteiger partial charge is 0.194 e. The van der Waals surface area contributed by atoms with E-state index in [-0.39, 0.29) is 44.7 Å². The minimum Gasteiger partial charge on any atom is -0.507 e. The van der Waals surface area contributed by atoms with E-state index in [0.717, 1.165) is 0 Å². The second kappa shape index (κ2) is 7.79. The zero-order valence-corrected chi connectivity index (χ0v) is 23.2. The molecule has 6 heteroatoms. The van der Waals surface area contributed by atoms with Crippen LogP contribution in [0.1, 0.15) is 70.6 Å². The molecule has 4 aromatic rings. The standard InChI is InChI=1S/C38H20O6/c1-18(39)29-34(42)25-16-8-9-17-26(25)37(29)31-27(19-10-2-4-12-21(19)33(31)41)28-30(20-11-3-5-13-22(20)32(28)40)38(37)35(43)23-14-6-7-15-24(23)36(38)44/h2-17,42H,1H3. The number of allylic oxidation sites excluding steroid dienone is 5. The van der Waals surface area contributed by atoms with Crippen molar-refractivity contribution >= 4 is 45.8 Å². The molecule has 1 atom stereocenters. The predicted molar refractivity (Wildman–Crippen MR) is 161 cm³/mol. The second-order valence-electron chi connectivity index (χ2n) is 11.8. The van der Waals surface area contributed by atoms with Gasteiger partial charge in [-0.1, -0.05) is 97.1 Å². The van der Waals surface area contributed by atoms with Gasteiger partial charge in [0.05, 0.1) is 11.0 Å². The van der Waals surface area contributed by atoms with Gasteiger partial charge in [0.15, 0.2) is 28.9 Å². The van der Waals surface area contributed by atoms with Crippen molar-refractivity contribution in [2.24, 2.45) is 5.41 Å². The molecule has 5 aliphatic rings. The first-order valence-electron chi connectivity index (χ1n) is 14.3. The number of benzene rings is 4. The Hall–Kier alpha value is -5.75. The summed E-state index contributed by atoms with van der Waals surface area (Å²) in [6.45, 7) is 1.27. The molecular weight excluding hydrogens is 552 g/mol. The van der Waals surface area contributed by atoms with Crippen molar-refractivity contribution in [1.29, 1.82) is 0 Å². The Labute approximate surface area is 250 Å². The van der Waals surface area contributed by atoms with Gasteiger partial charge < -0.3 is 5.11 Å². The summed E-state index contributed by atoms with van der Waals surface area (Å²) in [7, 11) is 0. The van der Waals surface area contributed by atoms with E-state index in [1.165, 1.54) is 6.92 Å². The number of ketones is 5. The second-order valence-corrected chi connectivity index (χ2v) is 11.8. The van der Waals surface area contributed by atoms with Crippen molar-refractivity contribution in [3.05, 3.63) is 158 Å². The van der Waals surface area contributed by atoms with E-state index in [9.17, 15) is 19.5 Å². The summed E-state index contributed by atoms with van der Waals surface area (Å²) < 4.78 is 0. The van der Waals surface area contributed by atoms with Crippen LogP contribution in [0.4, 0.5) is 0 Å². The van der Waals surface area contributed by atoms with Crippen LogP contribution in [-0.4, -0.2) is 34.0 Å². The number of hydrogen-bond acceptors (Lipinski definition) is 6. The summed E-state index contributed by atoms with van der Waals surface area (Å²) >= 11 is 0. The maximum absolute atomic E-state index is 15.3. The number of hydrogen-bond donors (Lipinski definition) is 1. The van der Waals surface area contributed by atoms with Gasteiger partial charge in [-0.15, -0.1) is 0 Å². The lowest BCUT2D eigenvalue weighted by atomic mass is 9.45. The number of rotatable bonds is 1. The molecule has 0 saturated carbocycles. The normalized spacial score (nSPS) is 21.7. The summed E-state index contributed by atoms with van der Waals surface area (Å²) in [6.07, 6.45) is 0. The third-order valence-corrected chi connectivity index (χ3v) is 10.0. The van der Waals surface area contributed by atoms with E-state index in [1.54, 1.807) is 97.1 Å². The molecule has 6 nitrogen and oxygen atoms in total. The van der Waals surface area contributed by atoms with Crippen molar-refractivity contribution in [1.82, 2.24) is 0 Å². The zero-order chi connectivity index (χ0) is 30.3. The highest BCUT2D eigenvalue weighted by Crippen LogP contribution is 2.73. The van der Waals surface area contributed by atoms with E-state index in [4.69, 9.17) is 0 Å². The molecule has 9 rings (SSSR count). The van der Waals surface area contributed by atoms with Gasteiger partial charge in [-0.3, -0.25) is 24.0 Å². The van der Waals surface area contributed by atoms with Gasteiger partial charge in [-0.25, -0.2) is 0 Å². The van der Waals surface area contributed by atoms with E-state index in [2.05, 4.69) is 0 Å². The Morgan fingerprint density at radius 2 is 1.00 bits per heavy atom. The number of carbonyl (C=O) groups excluding carboxylic acids is 5. The fourth-order valence-electron chi connectivity index (χ4n) is 8.68. The summed E-state index contributed by atoms with van der Waals surface area (Å²) in [4.78, 5) is 74.0. The molecule has 0 radical (unpaired) electrons. The molecule has 0 aromatic heterocycles. The molecule has 0 saturated heterocycles. The number of carbonyl (C=O) groups is 5. The molecule has 0 aliphatic heterocycles. The van der Waals surface area contributed by atoms with Gasteiger partial charge in [0.2, 0.25) is 0 Å². The number of Topliss-reactive ketones (excluding diaryl/α,β-unsaturated/α-hetero) is 5. The quantitative estimate of drug-likeness (QED) is 0.273. The van der Waals surface area contributed by atoms with Crippen molar-refractivity contribution in [2.45, 2.75) is 12.3 Å². The van der Waals surface area contributed by atoms with E-state index < -0.39 is 39.7 Å². The Morgan fingerprint density at radius 1 is 0.523 bits per heavy atom. The van der Waals surface area contributed by atoms with E-state index in [1.807, 2.05) is 0 Å². The van der Waals surface area contributed by atoms with Crippen LogP contribution < -0.4 is 0 Å². The molecule has 44 heavy (non-hydrogen) atoms. The summed E-state index contributed by atoms with van der Waals surface area (Å²) in [5, 5.41) is 11.9. The molecule has 0 bridgehead atoms. The van der Waals surface area contributed by atoms with Crippen LogP contribution in [0.25, 0.3) is 16.9 Å². The van der Waals surface area contributed by atoms with E-state index in [0.29, 0.717) is 33.4 Å². The molecule has 0 fully saturated rings. The van der Waals surface area contributed by atoms with Crippen LogP contribution in [-0.2, 0) is 10.2 Å². The van der Waals surface area contributed by atoms with Crippen LogP contribution in [0, 0.1) is 5.41 Å². The lowest BCUT2D eigenvalue weighted by molar-refractivity contribution is -0.114. The highest BCUT2D eigenvalue weighted by molar-refractivity contribution is 6.47. The lowest BCUT2D eigenvalue weighted by Crippen LogP contribution is -2.58. The predicted octanol–water partition coefficient (Wildman–Crippen LogP) is 6.18. The molecule has 4 aromatic carbocycles. The van der Waals surface area contributed by atoms with Crippen LogP contribution >= 0.6 is 0 Å². The average Bonchev–Trinajstić information content (AvgIpc) is 3.67. The average molecular weight is 573 g/mol. The van der Waals surface area contributed by atoms with Crippen molar-refractivity contribution in [3.8, 4) is 0 Å². The van der Waals surface area contributed by atoms with E-state index >= 15 is 9.59 Å². The van der Waals surface area contributed by atoms with Crippen molar-refractivity contribution < 1.29 is 29.1 Å². The van der Waals surface area contributed by atoms with Crippen LogP contribution in [0.5, 0.6) is 0 Å². The molecule has 5 aliphatic carbocycles. The first-order valence-corrected chi connectivity index (χ1v) is 14.3. The third kappa shape index (κ3) is 2.32. The largest absolute Gasteiger partial charge is 0.507 e. The summed E-state index contributed by atoms with van der Waals surface area (Å²) in [5.74, 6) is -3.11. The first-order chi connectivity index (χ1) is 21.3. The summed E-state index contributed by atoms with van der Waals surface area (Å²) in [6, 6.07) is 26.8. The Balaban J connectivity index is 1.60. The fraction of sp³-hybridized carbons (Fsp3) is 0.0789. The molecule has 0 amide bonds. The number of fused-ring (bicyclic) bond motifs is 11. The third-order valence-electron chi connectivity index (χ3n) is 10.0. The van der Waals surface area contributed by atoms with Crippen LogP contribution in [0.15, 0.2) is 114 Å². The minimum atomic E-state index is -2.27. The topological polar surface area (TPSA) is 106 Å². The first kappa shape index (κ1) is 24.8. The van der Waals surface area contributed by atoms with Gasteiger partial charge in [0, 0.05) is 44.5 Å². The number of aliphatic hydroxyl groups excluding tert-OH is 1. The molecule has 0 heterocycles. The molecular formula is C38H20O6. The highest BCUT2D eigenvalue weighted by Gasteiger charge is 2.77. The molecule has 2 spiro atoms. The van der Waals surface area contributed by atoms with Gasteiger partial charge in [-0.2, -0.15) is 0 Å². The minimum absolute atomic E-state index is 0.00480. The fourth-order valence-corrected chi connectivity index (χ4v) is 8.68. The molecule has 208 valence electrons. The molecule has 1 unspecified atom stereocenters. The Morgan fingerprint density at radius 3 is 1.59 bits per heavy atom. The van der Waals surface area contributed by atoms with Gasteiger partial charge in [0.25, 0.3) is 0 Å². The van der Waals surface area contributed by atoms with Gasteiger partial charge in [0.1, 0.15) is 11.2 Å². The zero-order valence-electron chi connectivity index (χ0n) is 23.2. The number of aliphatic hydroxyl groups is 1. The van der Waals surface area contributed by atoms with Gasteiger partial charge in [-0.05, 0) is 29.2 Å².